The van der Waals surface area contributed by atoms with Gasteiger partial charge in [0.25, 0.3) is 5.91 Å². The molecule has 3 rings (SSSR count). The van der Waals surface area contributed by atoms with Crippen LogP contribution in [-0.2, 0) is 4.79 Å². The third-order valence-corrected chi connectivity index (χ3v) is 5.24. The van der Waals surface area contributed by atoms with Crippen LogP contribution >= 0.6 is 11.8 Å². The molecule has 30 heavy (non-hydrogen) atoms. The minimum atomic E-state index is -0.952. The molecule has 0 spiro atoms. The Bertz CT molecular complexity index is 1040. The Morgan fingerprint density at radius 1 is 1.07 bits per heavy atom. The lowest BCUT2D eigenvalue weighted by molar-refractivity contribution is -0.386. The van der Waals surface area contributed by atoms with E-state index in [-0.39, 0.29) is 11.4 Å². The third kappa shape index (κ3) is 5.30. The minimum Gasteiger partial charge on any atom is -0.496 e. The summed E-state index contributed by atoms with van der Waals surface area (Å²) in [5.41, 5.74) is 0.366. The van der Waals surface area contributed by atoms with Gasteiger partial charge < -0.3 is 14.8 Å². The van der Waals surface area contributed by atoms with Gasteiger partial charge in [0.1, 0.15) is 5.75 Å². The summed E-state index contributed by atoms with van der Waals surface area (Å²) in [6.07, 6.45) is -0.952. The second kappa shape index (κ2) is 9.80. The lowest BCUT2D eigenvalue weighted by Crippen LogP contribution is -2.30. The molecule has 154 valence electrons. The van der Waals surface area contributed by atoms with Gasteiger partial charge in [0.2, 0.25) is 0 Å². The number of nitro groups is 1. The first-order valence-electron chi connectivity index (χ1n) is 9.10. The van der Waals surface area contributed by atoms with Gasteiger partial charge in [-0.05, 0) is 43.3 Å². The SMILES string of the molecule is COc1ccc(OC(C)C(=O)Nc2ccccc2Sc2ccccc2)c([N+](=O)[O-])c1. The maximum Gasteiger partial charge on any atom is 0.314 e. The predicted octanol–water partition coefficient (Wildman–Crippen LogP) is 5.16. The summed E-state index contributed by atoms with van der Waals surface area (Å²) in [5.74, 6) is -0.0883. The highest BCUT2D eigenvalue weighted by molar-refractivity contribution is 7.99. The lowest BCUT2D eigenvalue weighted by Gasteiger charge is -2.16. The highest BCUT2D eigenvalue weighted by Gasteiger charge is 2.22. The van der Waals surface area contributed by atoms with Crippen LogP contribution in [0.4, 0.5) is 11.4 Å². The van der Waals surface area contributed by atoms with E-state index in [9.17, 15) is 14.9 Å². The van der Waals surface area contributed by atoms with Crippen molar-refractivity contribution in [2.45, 2.75) is 22.8 Å². The lowest BCUT2D eigenvalue weighted by atomic mass is 10.2. The monoisotopic (exact) mass is 424 g/mol. The second-order valence-corrected chi connectivity index (χ2v) is 7.37. The maximum atomic E-state index is 12.7. The molecule has 0 aliphatic heterocycles. The average molecular weight is 424 g/mol. The molecule has 0 fully saturated rings. The number of nitrogens with one attached hydrogen (secondary N) is 1. The van der Waals surface area contributed by atoms with Crippen LogP contribution in [0.1, 0.15) is 6.92 Å². The maximum absolute atomic E-state index is 12.7. The Kier molecular flexibility index (Phi) is 6.92. The Morgan fingerprint density at radius 3 is 2.47 bits per heavy atom. The van der Waals surface area contributed by atoms with Crippen molar-refractivity contribution in [2.24, 2.45) is 0 Å². The fourth-order valence-corrected chi connectivity index (χ4v) is 3.54. The van der Waals surface area contributed by atoms with Crippen molar-refractivity contribution in [1.82, 2.24) is 0 Å². The summed E-state index contributed by atoms with van der Waals surface area (Å²) in [5, 5.41) is 14.2. The van der Waals surface area contributed by atoms with Crippen molar-refractivity contribution in [3.05, 3.63) is 82.9 Å². The van der Waals surface area contributed by atoms with Crippen LogP contribution < -0.4 is 14.8 Å². The molecule has 1 unspecified atom stereocenters. The first kappa shape index (κ1) is 21.2. The number of ether oxygens (including phenoxy) is 2. The molecule has 1 amide bonds. The summed E-state index contributed by atoms with van der Waals surface area (Å²) in [6, 6.07) is 21.4. The van der Waals surface area contributed by atoms with Gasteiger partial charge in [-0.3, -0.25) is 14.9 Å². The highest BCUT2D eigenvalue weighted by atomic mass is 32.2. The van der Waals surface area contributed by atoms with Crippen molar-refractivity contribution < 1.29 is 19.2 Å². The smallest absolute Gasteiger partial charge is 0.314 e. The largest absolute Gasteiger partial charge is 0.496 e. The number of benzene rings is 3. The number of carbonyl (C=O) groups is 1. The van der Waals surface area contributed by atoms with Gasteiger partial charge in [0.15, 0.2) is 11.9 Å². The van der Waals surface area contributed by atoms with Crippen molar-refractivity contribution in [3.8, 4) is 11.5 Å². The number of hydrogen-bond acceptors (Lipinski definition) is 6. The molecule has 0 aromatic heterocycles. The Balaban J connectivity index is 1.73. The molecule has 8 heteroatoms. The molecule has 0 aliphatic rings. The topological polar surface area (TPSA) is 90.7 Å². The van der Waals surface area contributed by atoms with Gasteiger partial charge in [-0.1, -0.05) is 42.1 Å². The summed E-state index contributed by atoms with van der Waals surface area (Å²) in [6.45, 7) is 1.54. The van der Waals surface area contributed by atoms with Gasteiger partial charge in [-0.25, -0.2) is 0 Å². The van der Waals surface area contributed by atoms with Crippen molar-refractivity contribution >= 4 is 29.0 Å². The summed E-state index contributed by atoms with van der Waals surface area (Å²) >= 11 is 1.52. The number of methoxy groups -OCH3 is 1. The summed E-state index contributed by atoms with van der Waals surface area (Å²) in [7, 11) is 1.42. The van der Waals surface area contributed by atoms with Gasteiger partial charge in [0, 0.05) is 9.79 Å². The van der Waals surface area contributed by atoms with Crippen LogP contribution in [0.2, 0.25) is 0 Å². The van der Waals surface area contributed by atoms with Crippen LogP contribution in [-0.4, -0.2) is 24.0 Å². The van der Waals surface area contributed by atoms with Gasteiger partial charge in [-0.2, -0.15) is 0 Å². The van der Waals surface area contributed by atoms with Crippen LogP contribution in [0.5, 0.6) is 11.5 Å². The molecule has 0 heterocycles. The van der Waals surface area contributed by atoms with E-state index in [1.807, 2.05) is 48.5 Å². The number of carbonyl (C=O) groups excluding carboxylic acids is 1. The second-order valence-electron chi connectivity index (χ2n) is 6.25. The van der Waals surface area contributed by atoms with E-state index in [0.29, 0.717) is 11.4 Å². The minimum absolute atomic E-state index is 0.00426. The predicted molar refractivity (Wildman–Crippen MR) is 115 cm³/mol. The average Bonchev–Trinajstić information content (AvgIpc) is 2.76. The van der Waals surface area contributed by atoms with Crippen molar-refractivity contribution in [3.63, 3.8) is 0 Å². The molecule has 0 aliphatic carbocycles. The molecule has 0 bridgehead atoms. The fraction of sp³-hybridized carbons (Fsp3) is 0.136. The van der Waals surface area contributed by atoms with E-state index in [4.69, 9.17) is 9.47 Å². The normalized spacial score (nSPS) is 11.4. The molecule has 1 N–H and O–H groups in total. The highest BCUT2D eigenvalue weighted by Crippen LogP contribution is 2.34. The molecule has 3 aromatic carbocycles. The zero-order valence-corrected chi connectivity index (χ0v) is 17.2. The number of amides is 1. The first-order valence-corrected chi connectivity index (χ1v) is 9.91. The zero-order valence-electron chi connectivity index (χ0n) is 16.4. The molecule has 0 saturated heterocycles. The van der Waals surface area contributed by atoms with Crippen LogP contribution in [0.25, 0.3) is 0 Å². The third-order valence-electron chi connectivity index (χ3n) is 4.15. The Labute approximate surface area is 178 Å². The van der Waals surface area contributed by atoms with E-state index in [2.05, 4.69) is 5.32 Å². The summed E-state index contributed by atoms with van der Waals surface area (Å²) in [4.78, 5) is 25.3. The Hall–Kier alpha value is -3.52. The number of hydrogen-bond donors (Lipinski definition) is 1. The number of nitrogens with zero attached hydrogens (tertiary/aromatic N) is 1. The molecular weight excluding hydrogens is 404 g/mol. The van der Waals surface area contributed by atoms with Gasteiger partial charge >= 0.3 is 5.69 Å². The van der Waals surface area contributed by atoms with Crippen molar-refractivity contribution in [2.75, 3.05) is 12.4 Å². The standard InChI is InChI=1S/C22H20N2O5S/c1-15(29-20-13-12-16(28-2)14-19(20)24(26)27)22(25)23-18-10-6-7-11-21(18)30-17-8-4-3-5-9-17/h3-15H,1-2H3,(H,23,25). The number of rotatable bonds is 8. The van der Waals surface area contributed by atoms with Gasteiger partial charge in [-0.15, -0.1) is 0 Å². The first-order chi connectivity index (χ1) is 14.5. The van der Waals surface area contributed by atoms with Gasteiger partial charge in [0.05, 0.1) is 23.8 Å². The zero-order chi connectivity index (χ0) is 21.5. The molecule has 1 atom stereocenters. The molecule has 3 aromatic rings. The van der Waals surface area contributed by atoms with E-state index in [1.165, 1.54) is 37.9 Å². The number of nitro benzene ring substituents is 1. The summed E-state index contributed by atoms with van der Waals surface area (Å²) < 4.78 is 10.6. The van der Waals surface area contributed by atoms with E-state index >= 15 is 0 Å². The molecular formula is C22H20N2O5S. The molecule has 0 saturated carbocycles. The van der Waals surface area contributed by atoms with E-state index in [0.717, 1.165) is 9.79 Å². The van der Waals surface area contributed by atoms with Crippen LogP contribution in [0.15, 0.2) is 82.6 Å². The molecule has 7 nitrogen and oxygen atoms in total. The van der Waals surface area contributed by atoms with Crippen LogP contribution in [0.3, 0.4) is 0 Å². The van der Waals surface area contributed by atoms with E-state index < -0.39 is 16.9 Å². The molecule has 0 radical (unpaired) electrons. The van der Waals surface area contributed by atoms with Crippen LogP contribution in [0, 0.1) is 10.1 Å². The quantitative estimate of drug-likeness (QED) is 0.397. The number of anilines is 1. The number of para-hydroxylation sites is 1. The van der Waals surface area contributed by atoms with E-state index in [1.54, 1.807) is 12.1 Å². The Morgan fingerprint density at radius 2 is 1.77 bits per heavy atom. The van der Waals surface area contributed by atoms with Crippen molar-refractivity contribution in [1.29, 1.82) is 0 Å². The fourth-order valence-electron chi connectivity index (χ4n) is 2.62.